The lowest BCUT2D eigenvalue weighted by Crippen LogP contribution is -2.30. The first kappa shape index (κ1) is 16.4. The first-order chi connectivity index (χ1) is 8.49. The molecule has 0 aromatic heterocycles. The summed E-state index contributed by atoms with van der Waals surface area (Å²) in [7, 11) is 0. The van der Waals surface area contributed by atoms with Crippen molar-refractivity contribution in [2.75, 3.05) is 17.6 Å². The Bertz CT molecular complexity index is 371. The highest BCUT2D eigenvalue weighted by atomic mass is 127. The van der Waals surface area contributed by atoms with Crippen LogP contribution in [-0.2, 0) is 15.1 Å². The van der Waals surface area contributed by atoms with Gasteiger partial charge in [0.25, 0.3) is 0 Å². The third-order valence-electron chi connectivity index (χ3n) is 2.65. The van der Waals surface area contributed by atoms with Gasteiger partial charge in [-0.15, -0.1) is 0 Å². The van der Waals surface area contributed by atoms with Gasteiger partial charge in [-0.2, -0.15) is 0 Å². The maximum Gasteiger partial charge on any atom is 0.100 e. The number of ether oxygens (including phenoxy) is 2. The second-order valence-corrected chi connectivity index (χ2v) is 6.23. The van der Waals surface area contributed by atoms with Crippen molar-refractivity contribution >= 4 is 38.5 Å². The first-order valence-corrected chi connectivity index (χ1v) is 8.38. The Morgan fingerprint density at radius 2 is 1.94 bits per heavy atom. The molecule has 102 valence electrons. The van der Waals surface area contributed by atoms with Crippen molar-refractivity contribution in [3.05, 3.63) is 34.3 Å². The Kier molecular flexibility index (Phi) is 7.13. The molecule has 0 fully saturated rings. The number of hydrogen-bond acceptors (Lipinski definition) is 2. The van der Waals surface area contributed by atoms with Crippen LogP contribution in [0.15, 0.2) is 28.7 Å². The number of benzene rings is 1. The van der Waals surface area contributed by atoms with Crippen LogP contribution in [0, 0.1) is 0 Å². The lowest BCUT2D eigenvalue weighted by molar-refractivity contribution is -0.0547. The highest BCUT2D eigenvalue weighted by molar-refractivity contribution is 14.1. The molecule has 4 heteroatoms. The zero-order valence-electron chi connectivity index (χ0n) is 11.1. The number of hydrogen-bond donors (Lipinski definition) is 0. The lowest BCUT2D eigenvalue weighted by Gasteiger charge is -2.29. The molecule has 0 amide bonds. The minimum absolute atomic E-state index is 0.253. The molecule has 1 unspecified atom stereocenters. The van der Waals surface area contributed by atoms with E-state index in [0.717, 1.165) is 8.90 Å². The fraction of sp³-hybridized carbons (Fsp3) is 0.571. The van der Waals surface area contributed by atoms with Crippen molar-refractivity contribution in [2.24, 2.45) is 0 Å². The van der Waals surface area contributed by atoms with Crippen LogP contribution in [0.5, 0.6) is 0 Å². The fourth-order valence-corrected chi connectivity index (χ4v) is 2.96. The molecule has 0 aliphatic rings. The van der Waals surface area contributed by atoms with Gasteiger partial charge in [0.15, 0.2) is 0 Å². The number of alkyl halides is 1. The molecular formula is C14H20BrIO2. The molecule has 1 aromatic rings. The van der Waals surface area contributed by atoms with Crippen molar-refractivity contribution in [3.63, 3.8) is 0 Å². The SMILES string of the molecule is CC(C)OCCOC(C)(CI)c1ccccc1Br. The summed E-state index contributed by atoms with van der Waals surface area (Å²) >= 11 is 5.96. The molecule has 1 rings (SSSR count). The number of rotatable bonds is 7. The summed E-state index contributed by atoms with van der Waals surface area (Å²) in [6.07, 6.45) is 0.253. The van der Waals surface area contributed by atoms with Gasteiger partial charge in [0.1, 0.15) is 5.60 Å². The van der Waals surface area contributed by atoms with E-state index in [1.54, 1.807) is 0 Å². The van der Waals surface area contributed by atoms with E-state index < -0.39 is 0 Å². The minimum Gasteiger partial charge on any atom is -0.376 e. The van der Waals surface area contributed by atoms with Crippen molar-refractivity contribution in [2.45, 2.75) is 32.5 Å². The maximum absolute atomic E-state index is 6.03. The smallest absolute Gasteiger partial charge is 0.100 e. The Morgan fingerprint density at radius 3 is 2.50 bits per heavy atom. The molecule has 1 aromatic carbocycles. The van der Waals surface area contributed by atoms with Crippen LogP contribution >= 0.6 is 38.5 Å². The summed E-state index contributed by atoms with van der Waals surface area (Å²) in [4.78, 5) is 0. The third-order valence-corrected chi connectivity index (χ3v) is 4.80. The van der Waals surface area contributed by atoms with Crippen LogP contribution in [0.1, 0.15) is 26.3 Å². The average Bonchev–Trinajstić information content (AvgIpc) is 2.35. The molecule has 0 saturated carbocycles. The molecule has 0 aliphatic heterocycles. The average molecular weight is 427 g/mol. The second-order valence-electron chi connectivity index (χ2n) is 4.61. The lowest BCUT2D eigenvalue weighted by atomic mass is 9.98. The normalized spacial score (nSPS) is 14.8. The highest BCUT2D eigenvalue weighted by Crippen LogP contribution is 2.33. The Balaban J connectivity index is 2.65. The molecule has 2 nitrogen and oxygen atoms in total. The van der Waals surface area contributed by atoms with E-state index in [-0.39, 0.29) is 11.7 Å². The summed E-state index contributed by atoms with van der Waals surface area (Å²) in [5.41, 5.74) is 0.907. The van der Waals surface area contributed by atoms with Gasteiger partial charge in [-0.1, -0.05) is 56.7 Å². The van der Waals surface area contributed by atoms with E-state index in [2.05, 4.69) is 51.5 Å². The van der Waals surface area contributed by atoms with E-state index in [1.807, 2.05) is 32.0 Å². The van der Waals surface area contributed by atoms with Crippen LogP contribution in [0.25, 0.3) is 0 Å². The zero-order chi connectivity index (χ0) is 13.6. The quantitative estimate of drug-likeness (QED) is 0.362. The first-order valence-electron chi connectivity index (χ1n) is 6.06. The molecule has 0 bridgehead atoms. The van der Waals surface area contributed by atoms with Crippen molar-refractivity contribution in [1.29, 1.82) is 0 Å². The van der Waals surface area contributed by atoms with Crippen LogP contribution in [0.4, 0.5) is 0 Å². The fourth-order valence-electron chi connectivity index (χ4n) is 1.63. The Hall–Kier alpha value is 0.350. The van der Waals surface area contributed by atoms with Gasteiger partial charge >= 0.3 is 0 Å². The monoisotopic (exact) mass is 426 g/mol. The van der Waals surface area contributed by atoms with Crippen LogP contribution in [0.2, 0.25) is 0 Å². The van der Waals surface area contributed by atoms with Crippen molar-refractivity contribution < 1.29 is 9.47 Å². The summed E-state index contributed by atoms with van der Waals surface area (Å²) < 4.78 is 13.5. The maximum atomic E-state index is 6.03. The van der Waals surface area contributed by atoms with Gasteiger partial charge in [-0.3, -0.25) is 0 Å². The van der Waals surface area contributed by atoms with Crippen LogP contribution in [-0.4, -0.2) is 23.7 Å². The second kappa shape index (κ2) is 7.82. The molecule has 0 radical (unpaired) electrons. The van der Waals surface area contributed by atoms with E-state index in [0.29, 0.717) is 13.2 Å². The Labute approximate surface area is 132 Å². The molecular weight excluding hydrogens is 407 g/mol. The topological polar surface area (TPSA) is 18.5 Å². The molecule has 18 heavy (non-hydrogen) atoms. The van der Waals surface area contributed by atoms with Gasteiger partial charge in [-0.25, -0.2) is 0 Å². The molecule has 0 heterocycles. The van der Waals surface area contributed by atoms with E-state index in [4.69, 9.17) is 9.47 Å². The van der Waals surface area contributed by atoms with E-state index in [1.165, 1.54) is 5.56 Å². The highest BCUT2D eigenvalue weighted by Gasteiger charge is 2.28. The van der Waals surface area contributed by atoms with E-state index in [9.17, 15) is 0 Å². The zero-order valence-corrected chi connectivity index (χ0v) is 14.8. The van der Waals surface area contributed by atoms with Gasteiger partial charge in [0, 0.05) is 8.90 Å². The molecule has 1 atom stereocenters. The Morgan fingerprint density at radius 1 is 1.28 bits per heavy atom. The number of halogens is 2. The van der Waals surface area contributed by atoms with Gasteiger partial charge in [-0.05, 0) is 32.4 Å². The van der Waals surface area contributed by atoms with Crippen LogP contribution in [0.3, 0.4) is 0 Å². The van der Waals surface area contributed by atoms with Crippen molar-refractivity contribution in [3.8, 4) is 0 Å². The molecule has 0 N–H and O–H groups in total. The minimum atomic E-state index is -0.277. The van der Waals surface area contributed by atoms with Gasteiger partial charge < -0.3 is 9.47 Å². The van der Waals surface area contributed by atoms with Crippen molar-refractivity contribution in [1.82, 2.24) is 0 Å². The largest absolute Gasteiger partial charge is 0.376 e. The predicted molar refractivity (Wildman–Crippen MR) is 87.4 cm³/mol. The molecule has 0 aliphatic carbocycles. The summed E-state index contributed by atoms with van der Waals surface area (Å²) in [6, 6.07) is 8.21. The summed E-state index contributed by atoms with van der Waals surface area (Å²) in [6.45, 7) is 7.43. The van der Waals surface area contributed by atoms with Gasteiger partial charge in [0.2, 0.25) is 0 Å². The summed E-state index contributed by atoms with van der Waals surface area (Å²) in [5, 5.41) is 0. The molecule has 0 saturated heterocycles. The predicted octanol–water partition coefficient (Wildman–Crippen LogP) is 4.54. The third kappa shape index (κ3) is 4.79. The summed E-state index contributed by atoms with van der Waals surface area (Å²) in [5.74, 6) is 0. The van der Waals surface area contributed by atoms with Crippen LogP contribution < -0.4 is 0 Å². The van der Waals surface area contributed by atoms with E-state index >= 15 is 0 Å². The van der Waals surface area contributed by atoms with Gasteiger partial charge in [0.05, 0.1) is 19.3 Å². The standard InChI is InChI=1S/C14H20BrIO2/c1-11(2)17-8-9-18-14(3,10-16)12-6-4-5-7-13(12)15/h4-7,11H,8-10H2,1-3H3. The molecule has 0 spiro atoms.